The molecule has 0 bridgehead atoms. The maximum atomic E-state index is 12.4. The number of unbranched alkanes of at least 4 members (excludes halogenated alkanes) is 1. The average Bonchev–Trinajstić information content (AvgIpc) is 3.30. The second-order valence-corrected chi connectivity index (χ2v) is 7.38. The van der Waals surface area contributed by atoms with Crippen LogP contribution in [-0.2, 0) is 6.54 Å². The number of hydrogen-bond donors (Lipinski definition) is 0. The molecule has 0 saturated heterocycles. The van der Waals surface area contributed by atoms with Gasteiger partial charge < -0.3 is 4.90 Å². The number of nitrogens with zero attached hydrogens (tertiary/aromatic N) is 4. The third kappa shape index (κ3) is 4.12. The first-order valence-corrected chi connectivity index (χ1v) is 9.86. The Hall–Kier alpha value is -3.25. The molecule has 0 spiro atoms. The van der Waals surface area contributed by atoms with Gasteiger partial charge in [-0.05, 0) is 50.7 Å². The number of hydrogen-bond acceptors (Lipinski definition) is 4. The SMILES string of the molecule is CN(CCCCN1C(=O)c2ccccc2C1=O)Cc1cnn(-c2ccccc2)c1. The summed E-state index contributed by atoms with van der Waals surface area (Å²) in [4.78, 5) is 28.4. The largest absolute Gasteiger partial charge is 0.302 e. The van der Waals surface area contributed by atoms with Crippen LogP contribution < -0.4 is 0 Å². The quantitative estimate of drug-likeness (QED) is 0.438. The van der Waals surface area contributed by atoms with E-state index in [-0.39, 0.29) is 11.8 Å². The number of benzene rings is 2. The van der Waals surface area contributed by atoms with E-state index in [4.69, 9.17) is 0 Å². The third-order valence-corrected chi connectivity index (χ3v) is 5.16. The van der Waals surface area contributed by atoms with Gasteiger partial charge in [0.15, 0.2) is 0 Å². The molecule has 0 saturated carbocycles. The molecular formula is C23H24N4O2. The standard InChI is InChI=1S/C23H24N4O2/c1-25(16-18-15-24-27(17-18)19-9-3-2-4-10-19)13-7-8-14-26-22(28)20-11-5-6-12-21(20)23(26)29/h2-6,9-12,15,17H,7-8,13-14,16H2,1H3. The highest BCUT2D eigenvalue weighted by molar-refractivity contribution is 6.21. The summed E-state index contributed by atoms with van der Waals surface area (Å²) in [5.74, 6) is -0.348. The molecule has 29 heavy (non-hydrogen) atoms. The fourth-order valence-electron chi connectivity index (χ4n) is 3.65. The summed E-state index contributed by atoms with van der Waals surface area (Å²) in [7, 11) is 2.07. The second kappa shape index (κ2) is 8.41. The molecule has 0 radical (unpaired) electrons. The molecule has 2 heterocycles. The van der Waals surface area contributed by atoms with Crippen molar-refractivity contribution < 1.29 is 9.59 Å². The Labute approximate surface area is 170 Å². The van der Waals surface area contributed by atoms with E-state index in [0.717, 1.165) is 37.2 Å². The highest BCUT2D eigenvalue weighted by atomic mass is 16.2. The van der Waals surface area contributed by atoms with Gasteiger partial charge in [0, 0.05) is 24.8 Å². The molecule has 1 aliphatic rings. The molecule has 6 heteroatoms. The number of amides is 2. The lowest BCUT2D eigenvalue weighted by molar-refractivity contribution is 0.0650. The van der Waals surface area contributed by atoms with Crippen LogP contribution in [0.1, 0.15) is 39.1 Å². The Balaban J connectivity index is 1.23. The van der Waals surface area contributed by atoms with Crippen molar-refractivity contribution in [1.29, 1.82) is 0 Å². The molecule has 0 N–H and O–H groups in total. The zero-order valence-corrected chi connectivity index (χ0v) is 16.5. The van der Waals surface area contributed by atoms with Crippen LogP contribution in [-0.4, -0.2) is 51.5 Å². The van der Waals surface area contributed by atoms with Gasteiger partial charge in [0.1, 0.15) is 0 Å². The van der Waals surface area contributed by atoms with E-state index in [1.807, 2.05) is 47.4 Å². The summed E-state index contributed by atoms with van der Waals surface area (Å²) < 4.78 is 1.88. The van der Waals surface area contributed by atoms with Crippen molar-refractivity contribution in [2.75, 3.05) is 20.1 Å². The van der Waals surface area contributed by atoms with Crippen molar-refractivity contribution in [3.8, 4) is 5.69 Å². The minimum atomic E-state index is -0.174. The van der Waals surface area contributed by atoms with Gasteiger partial charge in [-0.25, -0.2) is 4.68 Å². The summed E-state index contributed by atoms with van der Waals surface area (Å²) in [6.07, 6.45) is 5.64. The summed E-state index contributed by atoms with van der Waals surface area (Å²) in [6, 6.07) is 17.1. The van der Waals surface area contributed by atoms with E-state index >= 15 is 0 Å². The van der Waals surface area contributed by atoms with E-state index < -0.39 is 0 Å². The molecule has 1 aliphatic heterocycles. The summed E-state index contributed by atoms with van der Waals surface area (Å²) in [5, 5.41) is 4.43. The van der Waals surface area contributed by atoms with E-state index in [2.05, 4.69) is 17.0 Å². The molecule has 0 fully saturated rings. The number of fused-ring (bicyclic) bond motifs is 1. The van der Waals surface area contributed by atoms with Crippen molar-refractivity contribution in [2.24, 2.45) is 0 Å². The van der Waals surface area contributed by atoms with Gasteiger partial charge in [0.25, 0.3) is 11.8 Å². The van der Waals surface area contributed by atoms with Gasteiger partial charge in [-0.15, -0.1) is 0 Å². The van der Waals surface area contributed by atoms with Crippen LogP contribution in [0, 0.1) is 0 Å². The molecule has 148 valence electrons. The van der Waals surface area contributed by atoms with E-state index in [0.29, 0.717) is 17.7 Å². The minimum absolute atomic E-state index is 0.174. The number of aromatic nitrogens is 2. The monoisotopic (exact) mass is 388 g/mol. The predicted molar refractivity (Wildman–Crippen MR) is 111 cm³/mol. The van der Waals surface area contributed by atoms with Gasteiger partial charge in [-0.3, -0.25) is 14.5 Å². The highest BCUT2D eigenvalue weighted by Gasteiger charge is 2.34. The number of rotatable bonds is 8. The Kier molecular flexibility index (Phi) is 5.53. The lowest BCUT2D eigenvalue weighted by Crippen LogP contribution is -2.31. The molecule has 2 amide bonds. The van der Waals surface area contributed by atoms with Gasteiger partial charge >= 0.3 is 0 Å². The maximum absolute atomic E-state index is 12.4. The molecule has 6 nitrogen and oxygen atoms in total. The molecule has 4 rings (SSSR count). The molecule has 0 unspecified atom stereocenters. The van der Waals surface area contributed by atoms with Crippen LogP contribution in [0.2, 0.25) is 0 Å². The topological polar surface area (TPSA) is 58.4 Å². The average molecular weight is 388 g/mol. The molecular weight excluding hydrogens is 364 g/mol. The number of carbonyl (C=O) groups excluding carboxylic acids is 2. The maximum Gasteiger partial charge on any atom is 0.261 e. The van der Waals surface area contributed by atoms with Gasteiger partial charge in [0.2, 0.25) is 0 Å². The first-order chi connectivity index (χ1) is 14.1. The van der Waals surface area contributed by atoms with Gasteiger partial charge in [0.05, 0.1) is 23.0 Å². The second-order valence-electron chi connectivity index (χ2n) is 7.38. The van der Waals surface area contributed by atoms with E-state index in [1.54, 1.807) is 24.3 Å². The predicted octanol–water partition coefficient (Wildman–Crippen LogP) is 3.38. The number of imide groups is 1. The molecule has 1 aromatic heterocycles. The molecule has 0 atom stereocenters. The number of para-hydroxylation sites is 1. The first-order valence-electron chi connectivity index (χ1n) is 9.86. The number of carbonyl (C=O) groups is 2. The van der Waals surface area contributed by atoms with Gasteiger partial charge in [-0.2, -0.15) is 5.10 Å². The first kappa shape index (κ1) is 19.1. The van der Waals surface area contributed by atoms with E-state index in [9.17, 15) is 9.59 Å². The molecule has 0 aliphatic carbocycles. The molecule has 2 aromatic carbocycles. The Morgan fingerprint density at radius 3 is 2.24 bits per heavy atom. The Morgan fingerprint density at radius 2 is 1.55 bits per heavy atom. The lowest BCUT2D eigenvalue weighted by atomic mass is 10.1. The van der Waals surface area contributed by atoms with Gasteiger partial charge in [-0.1, -0.05) is 30.3 Å². The van der Waals surface area contributed by atoms with Crippen molar-refractivity contribution in [3.05, 3.63) is 83.7 Å². The van der Waals surface area contributed by atoms with Crippen LogP contribution in [0.5, 0.6) is 0 Å². The fourth-order valence-corrected chi connectivity index (χ4v) is 3.65. The smallest absolute Gasteiger partial charge is 0.261 e. The van der Waals surface area contributed by atoms with Crippen LogP contribution in [0.25, 0.3) is 5.69 Å². The van der Waals surface area contributed by atoms with Crippen molar-refractivity contribution in [3.63, 3.8) is 0 Å². The van der Waals surface area contributed by atoms with Crippen LogP contribution >= 0.6 is 0 Å². The van der Waals surface area contributed by atoms with Crippen LogP contribution in [0.3, 0.4) is 0 Å². The normalized spacial score (nSPS) is 13.4. The van der Waals surface area contributed by atoms with Crippen molar-refractivity contribution >= 4 is 11.8 Å². The van der Waals surface area contributed by atoms with Crippen LogP contribution in [0.15, 0.2) is 67.0 Å². The fraction of sp³-hybridized carbons (Fsp3) is 0.261. The zero-order valence-electron chi connectivity index (χ0n) is 16.5. The van der Waals surface area contributed by atoms with Crippen molar-refractivity contribution in [2.45, 2.75) is 19.4 Å². The highest BCUT2D eigenvalue weighted by Crippen LogP contribution is 2.22. The summed E-state index contributed by atoms with van der Waals surface area (Å²) in [6.45, 7) is 2.16. The Bertz CT molecular complexity index is 977. The van der Waals surface area contributed by atoms with Crippen molar-refractivity contribution in [1.82, 2.24) is 19.6 Å². The van der Waals surface area contributed by atoms with E-state index in [1.165, 1.54) is 4.90 Å². The zero-order chi connectivity index (χ0) is 20.2. The third-order valence-electron chi connectivity index (χ3n) is 5.16. The lowest BCUT2D eigenvalue weighted by Gasteiger charge is -2.17. The minimum Gasteiger partial charge on any atom is -0.302 e. The van der Waals surface area contributed by atoms with Crippen LogP contribution in [0.4, 0.5) is 0 Å². The summed E-state index contributed by atoms with van der Waals surface area (Å²) >= 11 is 0. The summed E-state index contributed by atoms with van der Waals surface area (Å²) in [5.41, 5.74) is 3.23. The Morgan fingerprint density at radius 1 is 0.897 bits per heavy atom. The molecule has 3 aromatic rings.